The van der Waals surface area contributed by atoms with Crippen LogP contribution in [-0.4, -0.2) is 15.0 Å². The number of nitrogen functional groups attached to an aromatic ring is 1. The Morgan fingerprint density at radius 3 is 2.72 bits per heavy atom. The average Bonchev–Trinajstić information content (AvgIpc) is 2.73. The van der Waals surface area contributed by atoms with Gasteiger partial charge in [0.1, 0.15) is 11.5 Å². The van der Waals surface area contributed by atoms with Crippen LogP contribution in [0.4, 0.5) is 5.82 Å². The Kier molecular flexibility index (Phi) is 2.30. The van der Waals surface area contributed by atoms with E-state index in [0.717, 1.165) is 28.1 Å². The molecule has 0 saturated carbocycles. The summed E-state index contributed by atoms with van der Waals surface area (Å²) in [7, 11) is 0. The quantitative estimate of drug-likeness (QED) is 0.685. The van der Waals surface area contributed by atoms with Crippen molar-refractivity contribution in [3.8, 4) is 11.5 Å². The van der Waals surface area contributed by atoms with Crippen molar-refractivity contribution in [2.75, 3.05) is 5.73 Å². The van der Waals surface area contributed by atoms with Crippen LogP contribution in [0.2, 0.25) is 0 Å². The third-order valence-corrected chi connectivity index (χ3v) is 2.93. The normalized spacial score (nSPS) is 11.0. The summed E-state index contributed by atoms with van der Waals surface area (Å²) < 4.78 is 0. The van der Waals surface area contributed by atoms with Gasteiger partial charge in [0.15, 0.2) is 5.82 Å². The highest BCUT2D eigenvalue weighted by molar-refractivity contribution is 5.82. The summed E-state index contributed by atoms with van der Waals surface area (Å²) in [5, 5.41) is 0. The summed E-state index contributed by atoms with van der Waals surface area (Å²) in [6.07, 6.45) is 0. The number of nitrogens with one attached hydrogen (secondary N) is 1. The Bertz CT molecular complexity index is 728. The van der Waals surface area contributed by atoms with E-state index in [4.69, 9.17) is 5.73 Å². The van der Waals surface area contributed by atoms with Crippen molar-refractivity contribution in [2.24, 2.45) is 0 Å². The lowest BCUT2D eigenvalue weighted by atomic mass is 10.1. The zero-order valence-corrected chi connectivity index (χ0v) is 10.4. The molecule has 0 aliphatic carbocycles. The van der Waals surface area contributed by atoms with E-state index in [9.17, 15) is 0 Å². The van der Waals surface area contributed by atoms with E-state index in [0.29, 0.717) is 5.82 Å². The molecule has 0 atom stereocenters. The second-order valence-electron chi connectivity index (χ2n) is 4.51. The third-order valence-electron chi connectivity index (χ3n) is 2.93. The van der Waals surface area contributed by atoms with Gasteiger partial charge in [0.2, 0.25) is 0 Å². The van der Waals surface area contributed by atoms with Gasteiger partial charge in [-0.15, -0.1) is 0 Å². The number of hydrogen-bond donors (Lipinski definition) is 2. The molecule has 0 fully saturated rings. The average molecular weight is 238 g/mol. The molecule has 4 nitrogen and oxygen atoms in total. The molecule has 90 valence electrons. The number of hydrogen-bond acceptors (Lipinski definition) is 3. The molecule has 0 aliphatic rings. The van der Waals surface area contributed by atoms with Crippen LogP contribution in [0, 0.1) is 13.8 Å². The molecule has 4 heteroatoms. The smallest absolute Gasteiger partial charge is 0.157 e. The Balaban J connectivity index is 2.22. The molecular formula is C14H14N4. The number of H-pyrrole nitrogens is 1. The van der Waals surface area contributed by atoms with Crippen molar-refractivity contribution in [3.63, 3.8) is 0 Å². The molecule has 3 aromatic rings. The summed E-state index contributed by atoms with van der Waals surface area (Å²) in [6.45, 7) is 4.14. The summed E-state index contributed by atoms with van der Waals surface area (Å²) in [5.41, 5.74) is 10.9. The van der Waals surface area contributed by atoms with Crippen LogP contribution < -0.4 is 5.73 Å². The molecule has 0 spiro atoms. The van der Waals surface area contributed by atoms with Gasteiger partial charge < -0.3 is 10.7 Å². The lowest BCUT2D eigenvalue weighted by Crippen LogP contribution is -1.92. The van der Waals surface area contributed by atoms with E-state index in [2.05, 4.69) is 40.9 Å². The molecule has 18 heavy (non-hydrogen) atoms. The largest absolute Gasteiger partial charge is 0.384 e. The number of pyridine rings is 1. The third kappa shape index (κ3) is 1.72. The topological polar surface area (TPSA) is 67.6 Å². The molecule has 0 bridgehead atoms. The number of aromatic nitrogens is 3. The first kappa shape index (κ1) is 10.8. The molecule has 0 unspecified atom stereocenters. The van der Waals surface area contributed by atoms with E-state index in [1.54, 1.807) is 6.07 Å². The molecule has 1 aromatic carbocycles. The second kappa shape index (κ2) is 3.84. The van der Waals surface area contributed by atoms with Crippen LogP contribution in [0.25, 0.3) is 22.6 Å². The highest BCUT2D eigenvalue weighted by atomic mass is 15.0. The minimum atomic E-state index is 0.501. The molecule has 0 radical (unpaired) electrons. The van der Waals surface area contributed by atoms with E-state index >= 15 is 0 Å². The Labute approximate surface area is 105 Å². The molecular weight excluding hydrogens is 224 g/mol. The van der Waals surface area contributed by atoms with E-state index < -0.39 is 0 Å². The summed E-state index contributed by atoms with van der Waals surface area (Å²) in [4.78, 5) is 12.2. The Morgan fingerprint density at radius 2 is 1.94 bits per heavy atom. The number of rotatable bonds is 1. The zero-order valence-electron chi connectivity index (χ0n) is 10.4. The Hall–Kier alpha value is -2.36. The summed E-state index contributed by atoms with van der Waals surface area (Å²) in [6, 6.07) is 9.76. The maximum absolute atomic E-state index is 5.69. The summed E-state index contributed by atoms with van der Waals surface area (Å²) in [5.74, 6) is 1.26. The standard InChI is InChI=1S/C14H14N4/c1-8-6-9(2)13-11(7-8)17-14(18-13)10-4-3-5-12(15)16-10/h3-7H,1-2H3,(H2,15,16)(H,17,18). The van der Waals surface area contributed by atoms with Gasteiger partial charge in [-0.1, -0.05) is 12.1 Å². The number of anilines is 1. The lowest BCUT2D eigenvalue weighted by Gasteiger charge is -1.96. The van der Waals surface area contributed by atoms with Gasteiger partial charge in [-0.2, -0.15) is 0 Å². The maximum atomic E-state index is 5.69. The van der Waals surface area contributed by atoms with Crippen molar-refractivity contribution < 1.29 is 0 Å². The van der Waals surface area contributed by atoms with Crippen molar-refractivity contribution in [2.45, 2.75) is 13.8 Å². The molecule has 2 heterocycles. The van der Waals surface area contributed by atoms with E-state index in [1.807, 2.05) is 12.1 Å². The fraction of sp³-hybridized carbons (Fsp3) is 0.143. The van der Waals surface area contributed by atoms with Gasteiger partial charge in [-0.3, -0.25) is 0 Å². The van der Waals surface area contributed by atoms with Gasteiger partial charge in [-0.25, -0.2) is 9.97 Å². The molecule has 2 aromatic heterocycles. The van der Waals surface area contributed by atoms with Crippen LogP contribution >= 0.6 is 0 Å². The number of nitrogens with zero attached hydrogens (tertiary/aromatic N) is 2. The van der Waals surface area contributed by atoms with Crippen molar-refractivity contribution in [3.05, 3.63) is 41.5 Å². The molecule has 0 amide bonds. The molecule has 0 saturated heterocycles. The van der Waals surface area contributed by atoms with Crippen molar-refractivity contribution in [1.29, 1.82) is 0 Å². The predicted octanol–water partition coefficient (Wildman–Crippen LogP) is 2.82. The summed E-state index contributed by atoms with van der Waals surface area (Å²) >= 11 is 0. The molecule has 3 rings (SSSR count). The zero-order chi connectivity index (χ0) is 12.7. The first-order valence-electron chi connectivity index (χ1n) is 5.83. The van der Waals surface area contributed by atoms with Gasteiger partial charge in [0, 0.05) is 0 Å². The second-order valence-corrected chi connectivity index (χ2v) is 4.51. The van der Waals surface area contributed by atoms with Gasteiger partial charge in [-0.05, 0) is 43.2 Å². The minimum Gasteiger partial charge on any atom is -0.384 e. The van der Waals surface area contributed by atoms with Crippen molar-refractivity contribution >= 4 is 16.9 Å². The van der Waals surface area contributed by atoms with Gasteiger partial charge in [0.05, 0.1) is 11.0 Å². The number of benzene rings is 1. The number of nitrogens with two attached hydrogens (primary N) is 1. The van der Waals surface area contributed by atoms with Crippen LogP contribution in [0.15, 0.2) is 30.3 Å². The van der Waals surface area contributed by atoms with Crippen LogP contribution in [0.1, 0.15) is 11.1 Å². The lowest BCUT2D eigenvalue weighted by molar-refractivity contribution is 1.24. The SMILES string of the molecule is Cc1cc(C)c2nc(-c3cccc(N)n3)[nH]c2c1. The fourth-order valence-corrected chi connectivity index (χ4v) is 2.18. The minimum absolute atomic E-state index is 0.501. The number of aromatic amines is 1. The van der Waals surface area contributed by atoms with Crippen LogP contribution in [0.5, 0.6) is 0 Å². The van der Waals surface area contributed by atoms with E-state index in [-0.39, 0.29) is 0 Å². The maximum Gasteiger partial charge on any atom is 0.157 e. The van der Waals surface area contributed by atoms with Crippen LogP contribution in [-0.2, 0) is 0 Å². The number of imidazole rings is 1. The highest BCUT2D eigenvalue weighted by Gasteiger charge is 2.08. The fourth-order valence-electron chi connectivity index (χ4n) is 2.18. The number of fused-ring (bicyclic) bond motifs is 1. The van der Waals surface area contributed by atoms with Gasteiger partial charge in [0.25, 0.3) is 0 Å². The predicted molar refractivity (Wildman–Crippen MR) is 73.2 cm³/mol. The molecule has 0 aliphatic heterocycles. The van der Waals surface area contributed by atoms with Crippen LogP contribution in [0.3, 0.4) is 0 Å². The Morgan fingerprint density at radius 1 is 1.11 bits per heavy atom. The van der Waals surface area contributed by atoms with Gasteiger partial charge >= 0.3 is 0 Å². The number of aryl methyl sites for hydroxylation is 2. The monoisotopic (exact) mass is 238 g/mol. The highest BCUT2D eigenvalue weighted by Crippen LogP contribution is 2.23. The first-order valence-corrected chi connectivity index (χ1v) is 5.83. The van der Waals surface area contributed by atoms with E-state index in [1.165, 1.54) is 5.56 Å². The van der Waals surface area contributed by atoms with Crippen molar-refractivity contribution in [1.82, 2.24) is 15.0 Å². The first-order chi connectivity index (χ1) is 8.63. The molecule has 3 N–H and O–H groups in total.